The van der Waals surface area contributed by atoms with Crippen molar-refractivity contribution < 1.29 is 29.7 Å². The Bertz CT molecular complexity index is 729. The van der Waals surface area contributed by atoms with Crippen molar-refractivity contribution in [1.29, 1.82) is 0 Å². The minimum Gasteiger partial charge on any atom is -0.512 e. The molecule has 0 aromatic heterocycles. The lowest BCUT2D eigenvalue weighted by atomic mass is 9.94. The highest BCUT2D eigenvalue weighted by Gasteiger charge is 2.23. The maximum absolute atomic E-state index is 11.1. The van der Waals surface area contributed by atoms with Gasteiger partial charge in [-0.2, -0.15) is 4.76 Å². The van der Waals surface area contributed by atoms with E-state index < -0.39 is 7.75 Å². The molecule has 5 N–H and O–H groups in total. The van der Waals surface area contributed by atoms with Crippen LogP contribution in [0.2, 0.25) is 0 Å². The molecule has 0 fully saturated rings. The second kappa shape index (κ2) is 7.66. The molecule has 0 atom stereocenters. The summed E-state index contributed by atoms with van der Waals surface area (Å²) < 4.78 is 14.4. The fraction of sp³-hybridized carbons (Fsp3) is 0.312. The first-order valence-corrected chi connectivity index (χ1v) is 9.06. The summed E-state index contributed by atoms with van der Waals surface area (Å²) in [5, 5.41) is 28.7. The Morgan fingerprint density at radius 2 is 1.62 bits per heavy atom. The molecule has 0 unspecified atom stereocenters. The summed E-state index contributed by atoms with van der Waals surface area (Å²) in [6, 6.07) is 6.88. The van der Waals surface area contributed by atoms with Crippen LogP contribution in [-0.2, 0) is 11.0 Å². The highest BCUT2D eigenvalue weighted by molar-refractivity contribution is 7.50. The lowest BCUT2D eigenvalue weighted by Crippen LogP contribution is -2.12. The Morgan fingerprint density at radius 1 is 1.00 bits per heavy atom. The standard InChI is InChI=1S/C16H20NO6P/c18-12-7-5-11(6-8-12)3-1-2-4-14-15(17-24(21,22)23)9-13(19)10-16(14)20/h5-8,10,18-20H,1-4,9H2,(H2,21,22,23). The summed E-state index contributed by atoms with van der Waals surface area (Å²) in [6.07, 6.45) is 3.71. The van der Waals surface area contributed by atoms with Crippen molar-refractivity contribution in [3.63, 3.8) is 0 Å². The molecule has 24 heavy (non-hydrogen) atoms. The molecule has 0 amide bonds. The van der Waals surface area contributed by atoms with Gasteiger partial charge in [-0.3, -0.25) is 0 Å². The van der Waals surface area contributed by atoms with Crippen LogP contribution in [0, 0.1) is 0 Å². The number of nitrogens with zero attached hydrogens (tertiary/aromatic N) is 1. The number of unbranched alkanes of at least 4 members (excludes halogenated alkanes) is 1. The number of aliphatic hydroxyl groups excluding tert-OH is 2. The smallest absolute Gasteiger partial charge is 0.448 e. The third-order valence-corrected chi connectivity index (χ3v) is 4.14. The number of hydrogen-bond donors (Lipinski definition) is 5. The molecule has 1 aliphatic rings. The molecule has 0 aliphatic heterocycles. The quantitative estimate of drug-likeness (QED) is 0.394. The van der Waals surface area contributed by atoms with Gasteiger partial charge >= 0.3 is 7.75 Å². The summed E-state index contributed by atoms with van der Waals surface area (Å²) in [7, 11) is -4.64. The summed E-state index contributed by atoms with van der Waals surface area (Å²) in [4.78, 5) is 18.0. The molecule has 2 rings (SSSR count). The van der Waals surface area contributed by atoms with Crippen molar-refractivity contribution in [2.24, 2.45) is 4.76 Å². The first-order valence-electron chi connectivity index (χ1n) is 7.49. The number of benzene rings is 1. The van der Waals surface area contributed by atoms with Crippen LogP contribution >= 0.6 is 7.75 Å². The van der Waals surface area contributed by atoms with Crippen LogP contribution in [0.5, 0.6) is 5.75 Å². The van der Waals surface area contributed by atoms with Gasteiger partial charge in [0.2, 0.25) is 0 Å². The Labute approximate surface area is 139 Å². The minimum absolute atomic E-state index is 0.0190. The van der Waals surface area contributed by atoms with Crippen molar-refractivity contribution >= 4 is 13.5 Å². The van der Waals surface area contributed by atoms with E-state index in [2.05, 4.69) is 4.76 Å². The molecule has 0 heterocycles. The van der Waals surface area contributed by atoms with Crippen LogP contribution < -0.4 is 0 Å². The van der Waals surface area contributed by atoms with Gasteiger partial charge in [0.15, 0.2) is 0 Å². The van der Waals surface area contributed by atoms with Crippen LogP contribution in [-0.4, -0.2) is 30.8 Å². The van der Waals surface area contributed by atoms with Crippen LogP contribution in [0.3, 0.4) is 0 Å². The lowest BCUT2D eigenvalue weighted by molar-refractivity contribution is 0.373. The SMILES string of the molecule is O=P(O)(O)N=C1CC(O)=CC(O)=C1CCCCc1ccc(O)cc1. The molecular weight excluding hydrogens is 333 g/mol. The molecule has 7 nitrogen and oxygen atoms in total. The second-order valence-electron chi connectivity index (χ2n) is 5.61. The Kier molecular flexibility index (Phi) is 5.83. The van der Waals surface area contributed by atoms with Gasteiger partial charge in [-0.05, 0) is 43.4 Å². The van der Waals surface area contributed by atoms with E-state index in [0.29, 0.717) is 18.4 Å². The van der Waals surface area contributed by atoms with Gasteiger partial charge in [0.1, 0.15) is 17.3 Å². The first kappa shape index (κ1) is 18.3. The van der Waals surface area contributed by atoms with Gasteiger partial charge in [0.05, 0.1) is 5.71 Å². The number of aryl methyl sites for hydroxylation is 1. The van der Waals surface area contributed by atoms with Crippen LogP contribution in [0.4, 0.5) is 0 Å². The van der Waals surface area contributed by atoms with Crippen molar-refractivity contribution in [2.45, 2.75) is 32.1 Å². The minimum atomic E-state index is -4.64. The van der Waals surface area contributed by atoms with E-state index >= 15 is 0 Å². The maximum atomic E-state index is 11.1. The van der Waals surface area contributed by atoms with E-state index in [1.54, 1.807) is 12.1 Å². The fourth-order valence-corrected chi connectivity index (χ4v) is 3.05. The Morgan fingerprint density at radius 3 is 2.25 bits per heavy atom. The second-order valence-corrected chi connectivity index (χ2v) is 6.84. The van der Waals surface area contributed by atoms with E-state index in [-0.39, 0.29) is 29.4 Å². The predicted octanol–water partition coefficient (Wildman–Crippen LogP) is 3.30. The number of rotatable bonds is 6. The third kappa shape index (κ3) is 5.53. The molecule has 0 bridgehead atoms. The maximum Gasteiger partial charge on any atom is 0.448 e. The summed E-state index contributed by atoms with van der Waals surface area (Å²) >= 11 is 0. The molecule has 1 aliphatic carbocycles. The third-order valence-electron chi connectivity index (χ3n) is 3.64. The molecule has 0 saturated heterocycles. The van der Waals surface area contributed by atoms with Gasteiger partial charge < -0.3 is 25.1 Å². The van der Waals surface area contributed by atoms with E-state index in [1.807, 2.05) is 12.1 Å². The number of allylic oxidation sites excluding steroid dienone is 3. The fourth-order valence-electron chi connectivity index (χ4n) is 2.54. The van der Waals surface area contributed by atoms with Crippen molar-refractivity contribution in [3.05, 3.63) is 53.0 Å². The average molecular weight is 353 g/mol. The van der Waals surface area contributed by atoms with Gasteiger partial charge in [-0.1, -0.05) is 12.1 Å². The lowest BCUT2D eigenvalue weighted by Gasteiger charge is -2.17. The summed E-state index contributed by atoms with van der Waals surface area (Å²) in [5.74, 6) is -0.191. The van der Waals surface area contributed by atoms with Crippen molar-refractivity contribution in [3.8, 4) is 5.75 Å². The highest BCUT2D eigenvalue weighted by Crippen LogP contribution is 2.39. The largest absolute Gasteiger partial charge is 0.512 e. The van der Waals surface area contributed by atoms with E-state index in [9.17, 15) is 19.9 Å². The zero-order chi connectivity index (χ0) is 17.7. The number of phenolic OH excluding ortho intramolecular Hbond substituents is 1. The predicted molar refractivity (Wildman–Crippen MR) is 90.1 cm³/mol. The van der Waals surface area contributed by atoms with E-state index in [1.165, 1.54) is 6.08 Å². The monoisotopic (exact) mass is 353 g/mol. The van der Waals surface area contributed by atoms with Crippen molar-refractivity contribution in [2.75, 3.05) is 0 Å². The molecule has 1 aromatic rings. The van der Waals surface area contributed by atoms with Crippen LogP contribution in [0.1, 0.15) is 31.2 Å². The summed E-state index contributed by atoms with van der Waals surface area (Å²) in [5.41, 5.74) is 1.43. The van der Waals surface area contributed by atoms with Gasteiger partial charge in [-0.15, -0.1) is 0 Å². The zero-order valence-electron chi connectivity index (χ0n) is 13.0. The number of phenols is 1. The molecule has 130 valence electrons. The number of aromatic hydroxyl groups is 1. The van der Waals surface area contributed by atoms with E-state index in [4.69, 9.17) is 9.79 Å². The molecule has 0 spiro atoms. The molecule has 0 radical (unpaired) electrons. The van der Waals surface area contributed by atoms with E-state index in [0.717, 1.165) is 18.4 Å². The molecule has 0 saturated carbocycles. The average Bonchev–Trinajstić information content (AvgIpc) is 2.45. The van der Waals surface area contributed by atoms with Crippen molar-refractivity contribution in [1.82, 2.24) is 0 Å². The topological polar surface area (TPSA) is 131 Å². The van der Waals surface area contributed by atoms with Crippen LogP contribution in [0.15, 0.2) is 52.2 Å². The van der Waals surface area contributed by atoms with Gasteiger partial charge in [0.25, 0.3) is 0 Å². The molecule has 8 heteroatoms. The normalized spacial score (nSPS) is 17.2. The Hall–Kier alpha value is -2.08. The number of hydrogen-bond acceptors (Lipinski definition) is 4. The Balaban J connectivity index is 2.00. The molecular formula is C16H20NO6P. The van der Waals surface area contributed by atoms with Gasteiger partial charge in [-0.25, -0.2) is 4.57 Å². The zero-order valence-corrected chi connectivity index (χ0v) is 13.9. The van der Waals surface area contributed by atoms with Crippen LogP contribution in [0.25, 0.3) is 0 Å². The molecule has 1 aromatic carbocycles. The first-order chi connectivity index (χ1) is 11.2. The highest BCUT2D eigenvalue weighted by atomic mass is 31.2. The summed E-state index contributed by atoms with van der Waals surface area (Å²) in [6.45, 7) is 0. The number of aliphatic hydroxyl groups is 2. The van der Waals surface area contributed by atoms with Gasteiger partial charge in [0, 0.05) is 18.1 Å².